The highest BCUT2D eigenvalue weighted by Crippen LogP contribution is 2.16. The Hall–Kier alpha value is -0.730. The third-order valence-electron chi connectivity index (χ3n) is 2.70. The zero-order valence-electron chi connectivity index (χ0n) is 9.74. The molecule has 0 saturated carbocycles. The van der Waals surface area contributed by atoms with Gasteiger partial charge < -0.3 is 30.1 Å². The van der Waals surface area contributed by atoms with Crippen LogP contribution in [0.25, 0.3) is 0 Å². The van der Waals surface area contributed by atoms with Crippen molar-refractivity contribution in [3.8, 4) is 0 Å². The molecule has 1 amide bonds. The van der Waals surface area contributed by atoms with Crippen molar-refractivity contribution in [2.24, 2.45) is 0 Å². The van der Waals surface area contributed by atoms with Crippen LogP contribution in [-0.2, 0) is 9.53 Å². The Morgan fingerprint density at radius 2 is 1.76 bits per heavy atom. The second-order valence-corrected chi connectivity index (χ2v) is 4.39. The van der Waals surface area contributed by atoms with Gasteiger partial charge in [0.15, 0.2) is 5.60 Å². The van der Waals surface area contributed by atoms with Gasteiger partial charge in [-0.25, -0.2) is 0 Å². The number of amides is 1. The van der Waals surface area contributed by atoms with Gasteiger partial charge in [0.05, 0.1) is 32.0 Å². The largest absolute Gasteiger partial charge is 0.394 e. The van der Waals surface area contributed by atoms with Crippen molar-refractivity contribution < 1.29 is 30.0 Å². The number of carbonyl (C=O) groups excluding carboxylic acids is 1. The van der Waals surface area contributed by atoms with E-state index < -0.39 is 30.3 Å². The van der Waals surface area contributed by atoms with Gasteiger partial charge in [-0.05, 0) is 6.92 Å². The van der Waals surface area contributed by atoms with Crippen molar-refractivity contribution in [2.75, 3.05) is 32.9 Å². The van der Waals surface area contributed by atoms with Crippen LogP contribution >= 0.6 is 0 Å². The summed E-state index contributed by atoms with van der Waals surface area (Å²) in [5.41, 5.74) is -1.85. The number of carbonyl (C=O) groups is 1. The summed E-state index contributed by atoms with van der Waals surface area (Å²) >= 11 is 0. The van der Waals surface area contributed by atoms with Crippen molar-refractivity contribution in [3.63, 3.8) is 0 Å². The summed E-state index contributed by atoms with van der Waals surface area (Å²) in [6, 6.07) is 0. The Bertz CT molecular complexity index is 258. The van der Waals surface area contributed by atoms with Crippen LogP contribution in [0.15, 0.2) is 0 Å². The number of nitrogens with zero attached hydrogens (tertiary/aromatic N) is 1. The summed E-state index contributed by atoms with van der Waals surface area (Å²) in [5, 5.41) is 36.6. The van der Waals surface area contributed by atoms with Gasteiger partial charge in [0.2, 0.25) is 0 Å². The van der Waals surface area contributed by atoms with Gasteiger partial charge >= 0.3 is 0 Å². The second kappa shape index (κ2) is 5.74. The summed E-state index contributed by atoms with van der Waals surface area (Å²) in [4.78, 5) is 13.2. The average molecular weight is 249 g/mol. The number of morpholine rings is 1. The Balaban J connectivity index is 2.72. The standard InChI is InChI=1S/C10H19NO6/c1-10(16,6-14)9(15)11-2-7(4-12)17-8(3-11)5-13/h7-8,12-14,16H,2-6H2,1H3/t7-,8+,10?. The quantitative estimate of drug-likeness (QED) is 0.432. The highest BCUT2D eigenvalue weighted by molar-refractivity contribution is 5.84. The van der Waals surface area contributed by atoms with Crippen LogP contribution in [0.4, 0.5) is 0 Å². The van der Waals surface area contributed by atoms with Crippen molar-refractivity contribution in [1.29, 1.82) is 0 Å². The smallest absolute Gasteiger partial charge is 0.256 e. The third kappa shape index (κ3) is 3.36. The Labute approximate surface area is 99.2 Å². The van der Waals surface area contributed by atoms with E-state index in [1.165, 1.54) is 11.8 Å². The second-order valence-electron chi connectivity index (χ2n) is 4.39. The van der Waals surface area contributed by atoms with Crippen LogP contribution in [0.2, 0.25) is 0 Å². The molecule has 100 valence electrons. The fourth-order valence-electron chi connectivity index (χ4n) is 1.70. The van der Waals surface area contributed by atoms with E-state index in [0.717, 1.165) is 0 Å². The van der Waals surface area contributed by atoms with Crippen molar-refractivity contribution in [2.45, 2.75) is 24.7 Å². The lowest BCUT2D eigenvalue weighted by Crippen LogP contribution is -2.58. The molecule has 1 saturated heterocycles. The van der Waals surface area contributed by atoms with Gasteiger partial charge in [-0.15, -0.1) is 0 Å². The Morgan fingerprint density at radius 3 is 2.12 bits per heavy atom. The fraction of sp³-hybridized carbons (Fsp3) is 0.900. The maximum atomic E-state index is 11.9. The van der Waals surface area contributed by atoms with Crippen LogP contribution < -0.4 is 0 Å². The SMILES string of the molecule is CC(O)(CO)C(=O)N1C[C@@H](CO)O[C@@H](CO)C1. The lowest BCUT2D eigenvalue weighted by atomic mass is 10.1. The molecule has 1 rings (SSSR count). The van der Waals surface area contributed by atoms with Gasteiger partial charge in [-0.3, -0.25) is 4.79 Å². The van der Waals surface area contributed by atoms with Gasteiger partial charge in [0, 0.05) is 13.1 Å². The monoisotopic (exact) mass is 249 g/mol. The lowest BCUT2D eigenvalue weighted by molar-refractivity contribution is -0.170. The zero-order valence-corrected chi connectivity index (χ0v) is 9.74. The first-order chi connectivity index (χ1) is 7.94. The van der Waals surface area contributed by atoms with E-state index in [2.05, 4.69) is 0 Å². The third-order valence-corrected chi connectivity index (χ3v) is 2.70. The van der Waals surface area contributed by atoms with E-state index in [1.54, 1.807) is 0 Å². The van der Waals surface area contributed by atoms with Crippen molar-refractivity contribution in [1.82, 2.24) is 4.90 Å². The first kappa shape index (κ1) is 14.3. The molecule has 0 spiro atoms. The number of aliphatic hydroxyl groups excluding tert-OH is 3. The number of hydrogen-bond donors (Lipinski definition) is 4. The summed E-state index contributed by atoms with van der Waals surface area (Å²) in [5.74, 6) is -0.639. The molecule has 1 aliphatic rings. The van der Waals surface area contributed by atoms with Crippen LogP contribution in [0.1, 0.15) is 6.92 Å². The van der Waals surface area contributed by atoms with Gasteiger partial charge in [-0.1, -0.05) is 0 Å². The number of aliphatic hydroxyl groups is 4. The van der Waals surface area contributed by atoms with Gasteiger partial charge in [0.1, 0.15) is 0 Å². The molecule has 4 N–H and O–H groups in total. The van der Waals surface area contributed by atoms with Gasteiger partial charge in [0.25, 0.3) is 5.91 Å². The molecule has 1 heterocycles. The molecule has 1 fully saturated rings. The summed E-state index contributed by atoms with van der Waals surface area (Å²) in [6.45, 7) is 0.233. The minimum atomic E-state index is -1.85. The first-order valence-electron chi connectivity index (χ1n) is 5.44. The van der Waals surface area contributed by atoms with E-state index in [1.807, 2.05) is 0 Å². The van der Waals surface area contributed by atoms with Crippen LogP contribution in [0.3, 0.4) is 0 Å². The summed E-state index contributed by atoms with van der Waals surface area (Å²) in [7, 11) is 0. The maximum Gasteiger partial charge on any atom is 0.256 e. The van der Waals surface area contributed by atoms with Crippen molar-refractivity contribution in [3.05, 3.63) is 0 Å². The molecule has 1 unspecified atom stereocenters. The maximum absolute atomic E-state index is 11.9. The number of hydrogen-bond acceptors (Lipinski definition) is 6. The lowest BCUT2D eigenvalue weighted by Gasteiger charge is -2.39. The number of rotatable bonds is 4. The Morgan fingerprint density at radius 1 is 1.29 bits per heavy atom. The van der Waals surface area contributed by atoms with Crippen molar-refractivity contribution >= 4 is 5.91 Å². The fourth-order valence-corrected chi connectivity index (χ4v) is 1.70. The average Bonchev–Trinajstić information content (AvgIpc) is 2.36. The topological polar surface area (TPSA) is 110 Å². The summed E-state index contributed by atoms with van der Waals surface area (Å²) in [6.07, 6.45) is -1.17. The molecule has 3 atom stereocenters. The van der Waals surface area contributed by atoms with Crippen LogP contribution in [-0.4, -0.2) is 82.0 Å². The predicted octanol–water partition coefficient (Wildman–Crippen LogP) is -2.69. The molecular formula is C10H19NO6. The normalized spacial score (nSPS) is 28.9. The van der Waals surface area contributed by atoms with Crippen LogP contribution in [0.5, 0.6) is 0 Å². The van der Waals surface area contributed by atoms with Gasteiger partial charge in [-0.2, -0.15) is 0 Å². The minimum absolute atomic E-state index is 0.127. The highest BCUT2D eigenvalue weighted by atomic mass is 16.5. The Kier molecular flexibility index (Phi) is 4.84. The molecule has 7 heteroatoms. The molecule has 17 heavy (non-hydrogen) atoms. The van der Waals surface area contributed by atoms with E-state index in [4.69, 9.17) is 20.1 Å². The molecule has 0 aromatic rings. The molecule has 0 aromatic heterocycles. The van der Waals surface area contributed by atoms with Crippen LogP contribution in [0, 0.1) is 0 Å². The van der Waals surface area contributed by atoms with E-state index >= 15 is 0 Å². The molecular weight excluding hydrogens is 230 g/mol. The molecule has 0 bridgehead atoms. The number of ether oxygens (including phenoxy) is 1. The van der Waals surface area contributed by atoms with E-state index in [9.17, 15) is 9.90 Å². The first-order valence-corrected chi connectivity index (χ1v) is 5.44. The predicted molar refractivity (Wildman–Crippen MR) is 57.1 cm³/mol. The van der Waals surface area contributed by atoms with E-state index in [-0.39, 0.29) is 26.3 Å². The molecule has 7 nitrogen and oxygen atoms in total. The molecule has 0 radical (unpaired) electrons. The summed E-state index contributed by atoms with van der Waals surface area (Å²) < 4.78 is 5.27. The molecule has 0 aliphatic carbocycles. The zero-order chi connectivity index (χ0) is 13.1. The molecule has 1 aliphatic heterocycles. The molecule has 0 aromatic carbocycles. The van der Waals surface area contributed by atoms with E-state index in [0.29, 0.717) is 0 Å². The minimum Gasteiger partial charge on any atom is -0.394 e. The highest BCUT2D eigenvalue weighted by Gasteiger charge is 2.38.